The molecule has 0 amide bonds. The molecule has 4 nitrogen and oxygen atoms in total. The van der Waals surface area contributed by atoms with Gasteiger partial charge in [-0.05, 0) is 42.5 Å². The zero-order valence-electron chi connectivity index (χ0n) is 13.3. The molecule has 1 fully saturated rings. The van der Waals surface area contributed by atoms with Gasteiger partial charge in [-0.3, -0.25) is 0 Å². The third-order valence-corrected chi connectivity index (χ3v) is 4.67. The van der Waals surface area contributed by atoms with Gasteiger partial charge in [-0.25, -0.2) is 0 Å². The SMILES string of the molecule is CC1CCCN(c2c(N)cc(C#N)n2Cc2ccc(Cl)cc2)C1. The summed E-state index contributed by atoms with van der Waals surface area (Å²) < 4.78 is 2.02. The number of benzene rings is 1. The molecule has 1 unspecified atom stereocenters. The van der Waals surface area contributed by atoms with Crippen molar-refractivity contribution in [1.29, 1.82) is 5.26 Å². The van der Waals surface area contributed by atoms with E-state index in [4.69, 9.17) is 17.3 Å². The van der Waals surface area contributed by atoms with Gasteiger partial charge in [-0.1, -0.05) is 30.7 Å². The monoisotopic (exact) mass is 328 g/mol. The Bertz CT molecular complexity index is 727. The first-order chi connectivity index (χ1) is 11.1. The van der Waals surface area contributed by atoms with Crippen LogP contribution in [-0.4, -0.2) is 17.7 Å². The minimum absolute atomic E-state index is 0.602. The highest BCUT2D eigenvalue weighted by Gasteiger charge is 2.23. The Morgan fingerprint density at radius 1 is 1.35 bits per heavy atom. The molecule has 2 N–H and O–H groups in total. The smallest absolute Gasteiger partial charge is 0.133 e. The van der Waals surface area contributed by atoms with E-state index in [9.17, 15) is 5.26 Å². The summed E-state index contributed by atoms with van der Waals surface area (Å²) in [5.74, 6) is 1.62. The largest absolute Gasteiger partial charge is 0.396 e. The molecule has 2 heterocycles. The van der Waals surface area contributed by atoms with E-state index in [1.165, 1.54) is 6.42 Å². The summed E-state index contributed by atoms with van der Waals surface area (Å²) in [5.41, 5.74) is 8.63. The molecule has 1 aromatic heterocycles. The molecular weight excluding hydrogens is 308 g/mol. The molecule has 2 aromatic rings. The van der Waals surface area contributed by atoms with Crippen molar-refractivity contribution in [2.45, 2.75) is 26.3 Å². The topological polar surface area (TPSA) is 58.0 Å². The average Bonchev–Trinajstić information content (AvgIpc) is 2.85. The normalized spacial score (nSPS) is 18.0. The number of hydrogen-bond donors (Lipinski definition) is 1. The first-order valence-corrected chi connectivity index (χ1v) is 8.34. The third kappa shape index (κ3) is 3.30. The first kappa shape index (κ1) is 15.8. The van der Waals surface area contributed by atoms with Crippen LogP contribution < -0.4 is 10.6 Å². The van der Waals surface area contributed by atoms with Crippen LogP contribution in [-0.2, 0) is 6.54 Å². The summed E-state index contributed by atoms with van der Waals surface area (Å²) in [5, 5.41) is 10.2. The fraction of sp³-hybridized carbons (Fsp3) is 0.389. The molecule has 0 aliphatic carbocycles. The lowest BCUT2D eigenvalue weighted by molar-refractivity contribution is 0.441. The van der Waals surface area contributed by atoms with E-state index in [1.807, 2.05) is 28.8 Å². The molecule has 0 saturated carbocycles. The van der Waals surface area contributed by atoms with Crippen LogP contribution in [0.15, 0.2) is 30.3 Å². The van der Waals surface area contributed by atoms with Crippen LogP contribution in [0.3, 0.4) is 0 Å². The highest BCUT2D eigenvalue weighted by atomic mass is 35.5. The van der Waals surface area contributed by atoms with Crippen LogP contribution in [0.5, 0.6) is 0 Å². The van der Waals surface area contributed by atoms with Crippen LogP contribution >= 0.6 is 11.6 Å². The Hall–Kier alpha value is -2.12. The number of nitriles is 1. The van der Waals surface area contributed by atoms with Gasteiger partial charge in [0.1, 0.15) is 17.6 Å². The van der Waals surface area contributed by atoms with Crippen molar-refractivity contribution in [2.24, 2.45) is 5.92 Å². The molecule has 3 rings (SSSR count). The average molecular weight is 329 g/mol. The van der Waals surface area contributed by atoms with Gasteiger partial charge >= 0.3 is 0 Å². The van der Waals surface area contributed by atoms with E-state index in [0.717, 1.165) is 30.9 Å². The maximum Gasteiger partial charge on any atom is 0.133 e. The van der Waals surface area contributed by atoms with Crippen LogP contribution in [0, 0.1) is 17.2 Å². The number of aromatic nitrogens is 1. The lowest BCUT2D eigenvalue weighted by atomic mass is 10.0. The summed E-state index contributed by atoms with van der Waals surface area (Å²) >= 11 is 5.96. The van der Waals surface area contributed by atoms with Gasteiger partial charge in [0.15, 0.2) is 0 Å². The fourth-order valence-corrected chi connectivity index (χ4v) is 3.45. The molecule has 1 aliphatic rings. The lowest BCUT2D eigenvalue weighted by Gasteiger charge is -2.34. The Morgan fingerprint density at radius 3 is 2.74 bits per heavy atom. The molecule has 1 aliphatic heterocycles. The third-order valence-electron chi connectivity index (χ3n) is 4.42. The maximum absolute atomic E-state index is 9.46. The molecule has 5 heteroatoms. The predicted octanol–water partition coefficient (Wildman–Crippen LogP) is 3.88. The van der Waals surface area contributed by atoms with Gasteiger partial charge in [-0.2, -0.15) is 5.26 Å². The minimum Gasteiger partial charge on any atom is -0.396 e. The van der Waals surface area contributed by atoms with Gasteiger partial charge < -0.3 is 15.2 Å². The summed E-state index contributed by atoms with van der Waals surface area (Å²) in [6.45, 7) is 4.86. The second kappa shape index (κ2) is 6.55. The van der Waals surface area contributed by atoms with Crippen LogP contribution in [0.4, 0.5) is 11.5 Å². The first-order valence-electron chi connectivity index (χ1n) is 7.97. The van der Waals surface area contributed by atoms with Crippen molar-refractivity contribution < 1.29 is 0 Å². The second-order valence-corrected chi connectivity index (χ2v) is 6.76. The van der Waals surface area contributed by atoms with Crippen LogP contribution in [0.25, 0.3) is 0 Å². The minimum atomic E-state index is 0.602. The number of rotatable bonds is 3. The summed E-state index contributed by atoms with van der Waals surface area (Å²) in [6.07, 6.45) is 2.41. The number of anilines is 2. The van der Waals surface area contributed by atoms with E-state index < -0.39 is 0 Å². The lowest BCUT2D eigenvalue weighted by Crippen LogP contribution is -2.36. The molecular formula is C18H21ClN4. The number of hydrogen-bond acceptors (Lipinski definition) is 3. The van der Waals surface area contributed by atoms with E-state index >= 15 is 0 Å². The number of halogens is 1. The summed E-state index contributed by atoms with van der Waals surface area (Å²) in [7, 11) is 0. The van der Waals surface area contributed by atoms with Crippen molar-refractivity contribution in [2.75, 3.05) is 23.7 Å². The molecule has 1 aromatic carbocycles. The van der Waals surface area contributed by atoms with Gasteiger partial charge in [0.25, 0.3) is 0 Å². The standard InChI is InChI=1S/C18H21ClN4/c1-13-3-2-8-22(11-13)18-17(21)9-16(10-20)23(18)12-14-4-6-15(19)7-5-14/h4-7,9,13H,2-3,8,11-12,21H2,1H3. The number of nitrogen functional groups attached to an aromatic ring is 1. The zero-order chi connectivity index (χ0) is 16.4. The zero-order valence-corrected chi connectivity index (χ0v) is 14.1. The number of nitrogens with zero attached hydrogens (tertiary/aromatic N) is 3. The van der Waals surface area contributed by atoms with E-state index in [2.05, 4.69) is 17.9 Å². The molecule has 23 heavy (non-hydrogen) atoms. The van der Waals surface area contributed by atoms with E-state index in [0.29, 0.717) is 28.9 Å². The highest BCUT2D eigenvalue weighted by molar-refractivity contribution is 6.30. The van der Waals surface area contributed by atoms with Gasteiger partial charge in [0.2, 0.25) is 0 Å². The van der Waals surface area contributed by atoms with Gasteiger partial charge in [0, 0.05) is 18.1 Å². The summed E-state index contributed by atoms with van der Waals surface area (Å²) in [4.78, 5) is 2.32. The maximum atomic E-state index is 9.46. The second-order valence-electron chi connectivity index (χ2n) is 6.33. The van der Waals surface area contributed by atoms with Crippen molar-refractivity contribution in [3.8, 4) is 6.07 Å². The van der Waals surface area contributed by atoms with E-state index in [-0.39, 0.29) is 0 Å². The van der Waals surface area contributed by atoms with E-state index in [1.54, 1.807) is 6.07 Å². The molecule has 120 valence electrons. The van der Waals surface area contributed by atoms with Crippen molar-refractivity contribution in [1.82, 2.24) is 4.57 Å². The Labute approximate surface area is 142 Å². The van der Waals surface area contributed by atoms with Crippen molar-refractivity contribution >= 4 is 23.1 Å². The Kier molecular flexibility index (Phi) is 4.49. The quantitative estimate of drug-likeness (QED) is 0.930. The summed E-state index contributed by atoms with van der Waals surface area (Å²) in [6, 6.07) is 11.8. The van der Waals surface area contributed by atoms with Crippen molar-refractivity contribution in [3.63, 3.8) is 0 Å². The highest BCUT2D eigenvalue weighted by Crippen LogP contribution is 2.32. The van der Waals surface area contributed by atoms with Gasteiger partial charge in [0.05, 0.1) is 12.2 Å². The molecule has 1 atom stereocenters. The number of piperidine rings is 1. The predicted molar refractivity (Wildman–Crippen MR) is 94.7 cm³/mol. The van der Waals surface area contributed by atoms with Crippen LogP contribution in [0.1, 0.15) is 31.0 Å². The number of nitrogens with two attached hydrogens (primary N) is 1. The van der Waals surface area contributed by atoms with Gasteiger partial charge in [-0.15, -0.1) is 0 Å². The van der Waals surface area contributed by atoms with Crippen molar-refractivity contribution in [3.05, 3.63) is 46.6 Å². The molecule has 1 saturated heterocycles. The fourth-order valence-electron chi connectivity index (χ4n) is 3.32. The Morgan fingerprint density at radius 2 is 2.09 bits per heavy atom. The van der Waals surface area contributed by atoms with Crippen LogP contribution in [0.2, 0.25) is 5.02 Å². The Balaban J connectivity index is 1.97. The molecule has 0 radical (unpaired) electrons. The molecule has 0 spiro atoms. The molecule has 0 bridgehead atoms.